The van der Waals surface area contributed by atoms with Gasteiger partial charge in [-0.1, -0.05) is 0 Å². The molecule has 0 saturated carbocycles. The second kappa shape index (κ2) is 6.08. The SMILES string of the molecule is Cn1cc(CN2CCC(C(N)=O)C2)c(C(=O)OC(C)(C)C)n1. The van der Waals surface area contributed by atoms with Gasteiger partial charge < -0.3 is 10.5 Å². The maximum Gasteiger partial charge on any atom is 0.359 e. The summed E-state index contributed by atoms with van der Waals surface area (Å²) in [6.07, 6.45) is 2.58. The number of esters is 1. The van der Waals surface area contributed by atoms with Crippen LogP contribution in [0.1, 0.15) is 43.2 Å². The van der Waals surface area contributed by atoms with Gasteiger partial charge in [0.1, 0.15) is 5.60 Å². The molecule has 2 heterocycles. The van der Waals surface area contributed by atoms with Crippen LogP contribution >= 0.6 is 0 Å². The van der Waals surface area contributed by atoms with Crippen molar-refractivity contribution in [3.8, 4) is 0 Å². The molecule has 1 aromatic heterocycles. The van der Waals surface area contributed by atoms with Crippen LogP contribution in [0.15, 0.2) is 6.20 Å². The van der Waals surface area contributed by atoms with Gasteiger partial charge in [0, 0.05) is 31.9 Å². The minimum Gasteiger partial charge on any atom is -0.455 e. The van der Waals surface area contributed by atoms with Gasteiger partial charge in [0.2, 0.25) is 5.91 Å². The Kier molecular flexibility index (Phi) is 4.55. The second-order valence-electron chi connectivity index (χ2n) is 6.80. The van der Waals surface area contributed by atoms with Crippen LogP contribution in [-0.4, -0.2) is 45.2 Å². The van der Waals surface area contributed by atoms with E-state index in [-0.39, 0.29) is 11.8 Å². The summed E-state index contributed by atoms with van der Waals surface area (Å²) < 4.78 is 7.00. The number of likely N-dealkylation sites (tertiary alicyclic amines) is 1. The van der Waals surface area contributed by atoms with Gasteiger partial charge in [-0.05, 0) is 33.7 Å². The van der Waals surface area contributed by atoms with Crippen molar-refractivity contribution in [1.29, 1.82) is 0 Å². The number of carbonyl (C=O) groups excluding carboxylic acids is 2. The number of amides is 1. The Morgan fingerprint density at radius 1 is 1.45 bits per heavy atom. The summed E-state index contributed by atoms with van der Waals surface area (Å²) >= 11 is 0. The number of aromatic nitrogens is 2. The quantitative estimate of drug-likeness (QED) is 0.826. The van der Waals surface area contributed by atoms with E-state index in [2.05, 4.69) is 10.00 Å². The van der Waals surface area contributed by atoms with Crippen LogP contribution in [-0.2, 0) is 23.1 Å². The van der Waals surface area contributed by atoms with Gasteiger partial charge in [-0.25, -0.2) is 4.79 Å². The van der Waals surface area contributed by atoms with Crippen LogP contribution in [0.4, 0.5) is 0 Å². The number of carbonyl (C=O) groups is 2. The third kappa shape index (κ3) is 4.07. The summed E-state index contributed by atoms with van der Waals surface area (Å²) in [5, 5.41) is 4.21. The fourth-order valence-corrected chi connectivity index (χ4v) is 2.60. The molecule has 22 heavy (non-hydrogen) atoms. The van der Waals surface area contributed by atoms with Crippen molar-refractivity contribution in [2.45, 2.75) is 39.3 Å². The molecule has 7 nitrogen and oxygen atoms in total. The minimum atomic E-state index is -0.559. The Morgan fingerprint density at radius 3 is 2.68 bits per heavy atom. The molecule has 0 bridgehead atoms. The van der Waals surface area contributed by atoms with Gasteiger partial charge >= 0.3 is 5.97 Å². The Hall–Kier alpha value is -1.89. The first kappa shape index (κ1) is 16.5. The molecule has 0 radical (unpaired) electrons. The first-order valence-corrected chi connectivity index (χ1v) is 7.43. The first-order chi connectivity index (χ1) is 10.2. The number of rotatable bonds is 4. The summed E-state index contributed by atoms with van der Waals surface area (Å²) in [6.45, 7) is 7.45. The molecule has 1 aromatic rings. The summed E-state index contributed by atoms with van der Waals surface area (Å²) in [4.78, 5) is 25.6. The predicted octanol–water partition coefficient (Wildman–Crippen LogP) is 0.683. The van der Waals surface area contributed by atoms with E-state index in [4.69, 9.17) is 10.5 Å². The van der Waals surface area contributed by atoms with Crippen molar-refractivity contribution in [2.24, 2.45) is 18.7 Å². The maximum absolute atomic E-state index is 12.3. The molecule has 2 rings (SSSR count). The maximum atomic E-state index is 12.3. The third-order valence-corrected chi connectivity index (χ3v) is 3.57. The number of nitrogens with zero attached hydrogens (tertiary/aromatic N) is 3. The molecule has 1 atom stereocenters. The Bertz CT molecular complexity index is 574. The van der Waals surface area contributed by atoms with Gasteiger partial charge in [0.05, 0.1) is 5.92 Å². The van der Waals surface area contributed by atoms with Crippen LogP contribution in [0.3, 0.4) is 0 Å². The molecule has 1 aliphatic rings. The summed E-state index contributed by atoms with van der Waals surface area (Å²) in [5.74, 6) is -0.795. The number of nitrogens with two attached hydrogens (primary N) is 1. The van der Waals surface area contributed by atoms with E-state index >= 15 is 0 Å². The molecule has 0 aromatic carbocycles. The van der Waals surface area contributed by atoms with Crippen LogP contribution < -0.4 is 5.73 Å². The van der Waals surface area contributed by atoms with Crippen molar-refractivity contribution in [1.82, 2.24) is 14.7 Å². The monoisotopic (exact) mass is 308 g/mol. The van der Waals surface area contributed by atoms with Crippen LogP contribution in [0, 0.1) is 5.92 Å². The fraction of sp³-hybridized carbons (Fsp3) is 0.667. The molecule has 7 heteroatoms. The van der Waals surface area contributed by atoms with Crippen LogP contribution in [0.5, 0.6) is 0 Å². The average Bonchev–Trinajstić information content (AvgIpc) is 2.94. The highest BCUT2D eigenvalue weighted by atomic mass is 16.6. The van der Waals surface area contributed by atoms with Crippen molar-refractivity contribution in [3.63, 3.8) is 0 Å². The largest absolute Gasteiger partial charge is 0.455 e. The lowest BCUT2D eigenvalue weighted by Gasteiger charge is -2.19. The highest BCUT2D eigenvalue weighted by molar-refractivity contribution is 5.89. The zero-order valence-electron chi connectivity index (χ0n) is 13.6. The molecular formula is C15H24N4O3. The lowest BCUT2D eigenvalue weighted by atomic mass is 10.1. The normalized spacial score (nSPS) is 19.4. The van der Waals surface area contributed by atoms with E-state index in [9.17, 15) is 9.59 Å². The van der Waals surface area contributed by atoms with E-state index in [1.165, 1.54) is 0 Å². The lowest BCUT2D eigenvalue weighted by Crippen LogP contribution is -2.28. The van der Waals surface area contributed by atoms with Gasteiger partial charge in [0.25, 0.3) is 0 Å². The molecule has 1 amide bonds. The first-order valence-electron chi connectivity index (χ1n) is 7.43. The molecule has 1 saturated heterocycles. The summed E-state index contributed by atoms with van der Waals surface area (Å²) in [6, 6.07) is 0. The zero-order valence-corrected chi connectivity index (χ0v) is 13.6. The molecule has 122 valence electrons. The van der Waals surface area contributed by atoms with Crippen molar-refractivity contribution in [3.05, 3.63) is 17.5 Å². The Balaban J connectivity index is 2.09. The topological polar surface area (TPSA) is 90.5 Å². The highest BCUT2D eigenvalue weighted by Gasteiger charge is 2.29. The average molecular weight is 308 g/mol. The molecule has 0 spiro atoms. The van der Waals surface area contributed by atoms with E-state index < -0.39 is 11.6 Å². The van der Waals surface area contributed by atoms with Crippen molar-refractivity contribution < 1.29 is 14.3 Å². The van der Waals surface area contributed by atoms with E-state index in [0.717, 1.165) is 18.5 Å². The number of ether oxygens (including phenoxy) is 1. The second-order valence-corrected chi connectivity index (χ2v) is 6.80. The van der Waals surface area contributed by atoms with Gasteiger partial charge in [-0.3, -0.25) is 14.4 Å². The summed E-state index contributed by atoms with van der Waals surface area (Å²) in [5.41, 5.74) is 5.93. The number of primary amides is 1. The predicted molar refractivity (Wildman–Crippen MR) is 81.0 cm³/mol. The third-order valence-electron chi connectivity index (χ3n) is 3.57. The van der Waals surface area contributed by atoms with Crippen LogP contribution in [0.25, 0.3) is 0 Å². The molecule has 1 fully saturated rings. The fourth-order valence-electron chi connectivity index (χ4n) is 2.60. The number of aryl methyl sites for hydroxylation is 1. The van der Waals surface area contributed by atoms with Gasteiger partial charge in [-0.2, -0.15) is 5.10 Å². The lowest BCUT2D eigenvalue weighted by molar-refractivity contribution is -0.121. The molecule has 1 aliphatic heterocycles. The highest BCUT2D eigenvalue weighted by Crippen LogP contribution is 2.21. The summed E-state index contributed by atoms with van der Waals surface area (Å²) in [7, 11) is 1.77. The van der Waals surface area contributed by atoms with E-state index in [0.29, 0.717) is 18.8 Å². The van der Waals surface area contributed by atoms with Crippen molar-refractivity contribution >= 4 is 11.9 Å². The van der Waals surface area contributed by atoms with Crippen LogP contribution in [0.2, 0.25) is 0 Å². The number of hydrogen-bond donors (Lipinski definition) is 1. The molecule has 0 aliphatic carbocycles. The van der Waals surface area contributed by atoms with E-state index in [1.54, 1.807) is 11.7 Å². The molecule has 2 N–H and O–H groups in total. The minimum absolute atomic E-state index is 0.110. The smallest absolute Gasteiger partial charge is 0.359 e. The Labute approximate surface area is 130 Å². The van der Waals surface area contributed by atoms with Gasteiger partial charge in [0.15, 0.2) is 5.69 Å². The van der Waals surface area contributed by atoms with E-state index in [1.807, 2.05) is 27.0 Å². The Morgan fingerprint density at radius 2 is 2.14 bits per heavy atom. The zero-order chi connectivity index (χ0) is 16.5. The van der Waals surface area contributed by atoms with Gasteiger partial charge in [-0.15, -0.1) is 0 Å². The standard InChI is InChI=1S/C15H24N4O3/c1-15(2,3)22-14(21)12-11(7-18(4)17-12)9-19-6-5-10(8-19)13(16)20/h7,10H,5-6,8-9H2,1-4H3,(H2,16,20). The molecule has 1 unspecified atom stereocenters. The number of hydrogen-bond acceptors (Lipinski definition) is 5. The van der Waals surface area contributed by atoms with Crippen molar-refractivity contribution in [2.75, 3.05) is 13.1 Å². The molecular weight excluding hydrogens is 284 g/mol.